The highest BCUT2D eigenvalue weighted by Crippen LogP contribution is 2.29. The van der Waals surface area contributed by atoms with Crippen LogP contribution >= 0.6 is 0 Å². The summed E-state index contributed by atoms with van der Waals surface area (Å²) in [5.41, 5.74) is 2.14. The van der Waals surface area contributed by atoms with Crippen LogP contribution in [0.2, 0.25) is 0 Å². The predicted molar refractivity (Wildman–Crippen MR) is 80.2 cm³/mol. The van der Waals surface area contributed by atoms with E-state index >= 15 is 0 Å². The van der Waals surface area contributed by atoms with Crippen LogP contribution in [0.25, 0.3) is 0 Å². The molecule has 1 aliphatic heterocycles. The number of benzene rings is 2. The van der Waals surface area contributed by atoms with Crippen LogP contribution in [0.5, 0.6) is 11.5 Å². The van der Waals surface area contributed by atoms with Crippen molar-refractivity contribution >= 4 is 5.97 Å². The number of phenols is 1. The smallest absolute Gasteiger partial charge is 0.314 e. The van der Waals surface area contributed by atoms with Crippen LogP contribution in [0.3, 0.4) is 0 Å². The zero-order valence-corrected chi connectivity index (χ0v) is 12.0. The van der Waals surface area contributed by atoms with E-state index in [1.165, 1.54) is 5.56 Å². The molecular weight excluding hydrogens is 264 g/mol. The van der Waals surface area contributed by atoms with Crippen molar-refractivity contribution in [2.24, 2.45) is 11.8 Å². The standard InChI is InChI=1S/C18H18O3/c1-12-8-13-5-3-7-16(10-13)21-18(20)17(12)11-14-4-2-6-15(19)9-14/h2-7,9-10,12,17,19H,8,11H2,1H3. The van der Waals surface area contributed by atoms with E-state index in [4.69, 9.17) is 4.74 Å². The molecule has 21 heavy (non-hydrogen) atoms. The monoisotopic (exact) mass is 282 g/mol. The second kappa shape index (κ2) is 5.60. The first-order valence-corrected chi connectivity index (χ1v) is 7.20. The summed E-state index contributed by atoms with van der Waals surface area (Å²) in [5.74, 6) is 0.637. The Hall–Kier alpha value is -2.29. The fourth-order valence-corrected chi connectivity index (χ4v) is 2.90. The minimum atomic E-state index is -0.203. The zero-order valence-electron chi connectivity index (χ0n) is 12.0. The number of hydrogen-bond acceptors (Lipinski definition) is 3. The lowest BCUT2D eigenvalue weighted by molar-refractivity contribution is -0.140. The van der Waals surface area contributed by atoms with E-state index in [1.54, 1.807) is 18.2 Å². The van der Waals surface area contributed by atoms with E-state index in [-0.39, 0.29) is 23.6 Å². The molecule has 0 spiro atoms. The fraction of sp³-hybridized carbons (Fsp3) is 0.278. The lowest BCUT2D eigenvalue weighted by Crippen LogP contribution is -2.30. The Labute approximate surface area is 124 Å². The van der Waals surface area contributed by atoms with Crippen LogP contribution in [0.15, 0.2) is 48.5 Å². The van der Waals surface area contributed by atoms with Crippen LogP contribution < -0.4 is 4.74 Å². The highest BCUT2D eigenvalue weighted by Gasteiger charge is 2.29. The number of aromatic hydroxyl groups is 1. The van der Waals surface area contributed by atoms with Crippen molar-refractivity contribution in [2.45, 2.75) is 19.8 Å². The van der Waals surface area contributed by atoms with Gasteiger partial charge in [0.2, 0.25) is 0 Å². The number of phenolic OH excluding ortho intramolecular Hbond substituents is 1. The zero-order chi connectivity index (χ0) is 14.8. The lowest BCUT2D eigenvalue weighted by Gasteiger charge is -2.25. The SMILES string of the molecule is CC1Cc2cccc(c2)OC(=O)C1Cc1cccc(O)c1. The van der Waals surface area contributed by atoms with E-state index in [0.717, 1.165) is 12.0 Å². The summed E-state index contributed by atoms with van der Waals surface area (Å²) in [6, 6.07) is 14.8. The van der Waals surface area contributed by atoms with Gasteiger partial charge in [0.05, 0.1) is 5.92 Å². The number of hydrogen-bond donors (Lipinski definition) is 1. The molecule has 3 rings (SSSR count). The van der Waals surface area contributed by atoms with E-state index in [0.29, 0.717) is 12.2 Å². The van der Waals surface area contributed by atoms with Crippen molar-refractivity contribution in [3.05, 3.63) is 59.7 Å². The molecule has 2 unspecified atom stereocenters. The first-order chi connectivity index (χ1) is 10.1. The summed E-state index contributed by atoms with van der Waals surface area (Å²) < 4.78 is 5.48. The number of fused-ring (bicyclic) bond motifs is 2. The molecule has 0 saturated heterocycles. The minimum Gasteiger partial charge on any atom is -0.508 e. The molecule has 0 aliphatic carbocycles. The molecule has 1 heterocycles. The molecule has 2 aromatic carbocycles. The molecule has 0 fully saturated rings. The molecule has 0 radical (unpaired) electrons. The maximum atomic E-state index is 12.4. The predicted octanol–water partition coefficient (Wildman–Crippen LogP) is 3.35. The van der Waals surface area contributed by atoms with E-state index in [9.17, 15) is 9.90 Å². The van der Waals surface area contributed by atoms with Crippen LogP contribution in [-0.2, 0) is 17.6 Å². The molecule has 3 heteroatoms. The molecule has 0 aromatic heterocycles. The second-order valence-electron chi connectivity index (χ2n) is 5.73. The molecule has 1 N–H and O–H groups in total. The summed E-state index contributed by atoms with van der Waals surface area (Å²) in [6.45, 7) is 2.08. The molecular formula is C18H18O3. The summed E-state index contributed by atoms with van der Waals surface area (Å²) in [5, 5.41) is 9.56. The molecule has 3 nitrogen and oxygen atoms in total. The van der Waals surface area contributed by atoms with Gasteiger partial charge in [-0.2, -0.15) is 0 Å². The Morgan fingerprint density at radius 1 is 1.19 bits per heavy atom. The average molecular weight is 282 g/mol. The Bertz CT molecular complexity index is 663. The Balaban J connectivity index is 1.86. The normalized spacial score (nSPS) is 21.3. The van der Waals surface area contributed by atoms with Gasteiger partial charge in [-0.25, -0.2) is 0 Å². The maximum Gasteiger partial charge on any atom is 0.314 e. The lowest BCUT2D eigenvalue weighted by atomic mass is 9.83. The number of rotatable bonds is 2. The van der Waals surface area contributed by atoms with E-state index in [2.05, 4.69) is 13.0 Å². The van der Waals surface area contributed by atoms with Crippen LogP contribution in [-0.4, -0.2) is 11.1 Å². The fourth-order valence-electron chi connectivity index (χ4n) is 2.90. The minimum absolute atomic E-state index is 0.190. The van der Waals surface area contributed by atoms with Gasteiger partial charge in [-0.05, 0) is 54.2 Å². The van der Waals surface area contributed by atoms with Crippen LogP contribution in [0, 0.1) is 11.8 Å². The Kier molecular flexibility index (Phi) is 3.65. The van der Waals surface area contributed by atoms with Crippen molar-refractivity contribution in [1.29, 1.82) is 0 Å². The molecule has 2 bridgehead atoms. The van der Waals surface area contributed by atoms with Crippen molar-refractivity contribution < 1.29 is 14.6 Å². The molecule has 0 saturated carbocycles. The topological polar surface area (TPSA) is 46.5 Å². The Morgan fingerprint density at radius 3 is 2.81 bits per heavy atom. The van der Waals surface area contributed by atoms with Gasteiger partial charge < -0.3 is 9.84 Å². The van der Waals surface area contributed by atoms with Gasteiger partial charge >= 0.3 is 5.97 Å². The Morgan fingerprint density at radius 2 is 2.00 bits per heavy atom. The van der Waals surface area contributed by atoms with Crippen molar-refractivity contribution in [2.75, 3.05) is 0 Å². The van der Waals surface area contributed by atoms with Gasteiger partial charge in [-0.1, -0.05) is 31.2 Å². The van der Waals surface area contributed by atoms with E-state index in [1.807, 2.05) is 24.3 Å². The summed E-state index contributed by atoms with van der Waals surface area (Å²) in [4.78, 5) is 12.4. The molecule has 108 valence electrons. The molecule has 2 atom stereocenters. The first-order valence-electron chi connectivity index (χ1n) is 7.20. The molecule has 0 amide bonds. The summed E-state index contributed by atoms with van der Waals surface area (Å²) >= 11 is 0. The summed E-state index contributed by atoms with van der Waals surface area (Å²) in [6.07, 6.45) is 1.44. The van der Waals surface area contributed by atoms with Crippen LogP contribution in [0.1, 0.15) is 18.1 Å². The third-order valence-corrected chi connectivity index (χ3v) is 4.03. The molecule has 2 aromatic rings. The van der Waals surface area contributed by atoms with Gasteiger partial charge in [0.1, 0.15) is 11.5 Å². The quantitative estimate of drug-likeness (QED) is 0.678. The summed E-state index contributed by atoms with van der Waals surface area (Å²) in [7, 11) is 0. The number of carbonyl (C=O) groups is 1. The first kappa shape index (κ1) is 13.7. The number of ether oxygens (including phenoxy) is 1. The average Bonchev–Trinajstić information content (AvgIpc) is 2.44. The van der Waals surface area contributed by atoms with Crippen molar-refractivity contribution in [3.8, 4) is 11.5 Å². The van der Waals surface area contributed by atoms with Gasteiger partial charge in [0.15, 0.2) is 0 Å². The van der Waals surface area contributed by atoms with Gasteiger partial charge in [0, 0.05) is 0 Å². The number of carbonyl (C=O) groups excluding carboxylic acids is 1. The largest absolute Gasteiger partial charge is 0.508 e. The second-order valence-corrected chi connectivity index (χ2v) is 5.73. The van der Waals surface area contributed by atoms with Gasteiger partial charge in [-0.3, -0.25) is 4.79 Å². The maximum absolute atomic E-state index is 12.4. The third-order valence-electron chi connectivity index (χ3n) is 4.03. The van der Waals surface area contributed by atoms with Crippen molar-refractivity contribution in [1.82, 2.24) is 0 Å². The van der Waals surface area contributed by atoms with Crippen LogP contribution in [0.4, 0.5) is 0 Å². The number of esters is 1. The van der Waals surface area contributed by atoms with Gasteiger partial charge in [-0.15, -0.1) is 0 Å². The van der Waals surface area contributed by atoms with Gasteiger partial charge in [0.25, 0.3) is 0 Å². The van der Waals surface area contributed by atoms with E-state index < -0.39 is 0 Å². The highest BCUT2D eigenvalue weighted by molar-refractivity contribution is 5.76. The van der Waals surface area contributed by atoms with Crippen molar-refractivity contribution in [3.63, 3.8) is 0 Å². The molecule has 1 aliphatic rings. The third kappa shape index (κ3) is 3.07. The highest BCUT2D eigenvalue weighted by atomic mass is 16.5.